The number of hydrogen-bond donors (Lipinski definition) is 2. The van der Waals surface area contributed by atoms with Crippen LogP contribution in [0, 0.1) is 0 Å². The van der Waals surface area contributed by atoms with E-state index in [2.05, 4.69) is 39.1 Å². The third-order valence-electron chi connectivity index (χ3n) is 3.87. The van der Waals surface area contributed by atoms with Crippen LogP contribution in [0.5, 0.6) is 0 Å². The normalized spacial score (nSPS) is 19.2. The maximum absolute atomic E-state index is 5.79. The van der Waals surface area contributed by atoms with Gasteiger partial charge in [0, 0.05) is 32.2 Å². The molecule has 2 heterocycles. The van der Waals surface area contributed by atoms with E-state index in [-0.39, 0.29) is 0 Å². The maximum atomic E-state index is 5.79. The second-order valence-corrected chi connectivity index (χ2v) is 5.31. The summed E-state index contributed by atoms with van der Waals surface area (Å²) in [4.78, 5) is 13.2. The summed E-state index contributed by atoms with van der Waals surface area (Å²) in [5.41, 5.74) is 5.79. The van der Waals surface area contributed by atoms with Crippen LogP contribution in [0.4, 0.5) is 17.6 Å². The van der Waals surface area contributed by atoms with Gasteiger partial charge < -0.3 is 16.0 Å². The molecule has 0 amide bonds. The minimum atomic E-state index is 0.323. The number of likely N-dealkylation sites (tertiary alicyclic amines) is 1. The molecule has 2 rings (SSSR count). The Bertz CT molecular complexity index is 436. The molecular weight excluding hydrogens is 252 g/mol. The summed E-state index contributed by atoms with van der Waals surface area (Å²) < 4.78 is 0. The summed E-state index contributed by atoms with van der Waals surface area (Å²) in [6.45, 7) is 8.40. The molecule has 112 valence electrons. The number of nitrogen functional groups attached to an aromatic ring is 1. The summed E-state index contributed by atoms with van der Waals surface area (Å²) >= 11 is 0. The van der Waals surface area contributed by atoms with Gasteiger partial charge in [-0.2, -0.15) is 9.97 Å². The molecule has 1 saturated heterocycles. The maximum Gasteiger partial charge on any atom is 0.223 e. The molecule has 1 aliphatic heterocycles. The first-order valence-corrected chi connectivity index (χ1v) is 7.47. The minimum Gasteiger partial charge on any atom is -0.370 e. The molecule has 0 spiro atoms. The number of hydrogen-bond acceptors (Lipinski definition) is 6. The summed E-state index contributed by atoms with van der Waals surface area (Å²) in [6, 6.07) is 2.58. The quantitative estimate of drug-likeness (QED) is 0.820. The lowest BCUT2D eigenvalue weighted by molar-refractivity contribution is 0.270. The molecule has 1 atom stereocenters. The van der Waals surface area contributed by atoms with Crippen molar-refractivity contribution in [1.29, 1.82) is 0 Å². The van der Waals surface area contributed by atoms with Crippen LogP contribution < -0.4 is 16.0 Å². The Morgan fingerprint density at radius 1 is 1.45 bits per heavy atom. The zero-order valence-corrected chi connectivity index (χ0v) is 12.8. The van der Waals surface area contributed by atoms with E-state index in [1.54, 1.807) is 0 Å². The molecule has 0 saturated carbocycles. The van der Waals surface area contributed by atoms with Crippen molar-refractivity contribution >= 4 is 17.6 Å². The van der Waals surface area contributed by atoms with E-state index >= 15 is 0 Å². The van der Waals surface area contributed by atoms with Crippen LogP contribution >= 0.6 is 0 Å². The SMILES string of the molecule is CCNc1cc(N(C)CC2CCCN2CC)nc(N)n1. The summed E-state index contributed by atoms with van der Waals surface area (Å²) in [5.74, 6) is 2.00. The highest BCUT2D eigenvalue weighted by molar-refractivity contribution is 5.52. The first-order valence-electron chi connectivity index (χ1n) is 7.47. The molecule has 1 aromatic rings. The average Bonchev–Trinajstić information content (AvgIpc) is 2.85. The van der Waals surface area contributed by atoms with Gasteiger partial charge in [0.05, 0.1) is 0 Å². The lowest BCUT2D eigenvalue weighted by Gasteiger charge is -2.28. The van der Waals surface area contributed by atoms with Gasteiger partial charge in [-0.15, -0.1) is 0 Å². The zero-order valence-electron chi connectivity index (χ0n) is 12.8. The molecule has 1 aliphatic rings. The molecule has 1 aromatic heterocycles. The van der Waals surface area contributed by atoms with Crippen LogP contribution in [-0.2, 0) is 0 Å². The van der Waals surface area contributed by atoms with Crippen LogP contribution in [0.15, 0.2) is 6.07 Å². The Labute approximate surface area is 121 Å². The Kier molecular flexibility index (Phi) is 5.00. The molecule has 20 heavy (non-hydrogen) atoms. The van der Waals surface area contributed by atoms with Crippen molar-refractivity contribution in [3.05, 3.63) is 6.07 Å². The fourth-order valence-corrected chi connectivity index (χ4v) is 2.85. The highest BCUT2D eigenvalue weighted by atomic mass is 15.3. The van der Waals surface area contributed by atoms with Gasteiger partial charge in [-0.05, 0) is 32.9 Å². The summed E-state index contributed by atoms with van der Waals surface area (Å²) in [6.07, 6.45) is 2.56. The van der Waals surface area contributed by atoms with Gasteiger partial charge in [0.25, 0.3) is 0 Å². The summed E-state index contributed by atoms with van der Waals surface area (Å²) in [5, 5.41) is 3.19. The minimum absolute atomic E-state index is 0.323. The van der Waals surface area contributed by atoms with E-state index in [0.717, 1.165) is 31.3 Å². The molecule has 1 unspecified atom stereocenters. The Hall–Kier alpha value is -1.56. The molecule has 0 aliphatic carbocycles. The van der Waals surface area contributed by atoms with Crippen molar-refractivity contribution < 1.29 is 0 Å². The van der Waals surface area contributed by atoms with Crippen molar-refractivity contribution in [3.8, 4) is 0 Å². The second kappa shape index (κ2) is 6.74. The Balaban J connectivity index is 2.06. The van der Waals surface area contributed by atoms with Gasteiger partial charge in [0.1, 0.15) is 11.6 Å². The van der Waals surface area contributed by atoms with Crippen LogP contribution in [-0.4, -0.2) is 54.1 Å². The number of nitrogens with one attached hydrogen (secondary N) is 1. The monoisotopic (exact) mass is 278 g/mol. The highest BCUT2D eigenvalue weighted by Crippen LogP contribution is 2.21. The number of likely N-dealkylation sites (N-methyl/N-ethyl adjacent to an activating group) is 2. The van der Waals surface area contributed by atoms with E-state index in [0.29, 0.717) is 12.0 Å². The van der Waals surface area contributed by atoms with Gasteiger partial charge in [0.2, 0.25) is 5.95 Å². The number of anilines is 3. The Morgan fingerprint density at radius 3 is 2.95 bits per heavy atom. The third kappa shape index (κ3) is 3.50. The standard InChI is InChI=1S/C14H26N6/c1-4-16-12-9-13(18-14(15)17-12)19(3)10-11-7-6-8-20(11)5-2/h9,11H,4-8,10H2,1-3H3,(H3,15,16,17,18). The van der Waals surface area contributed by atoms with E-state index in [4.69, 9.17) is 5.73 Å². The van der Waals surface area contributed by atoms with Gasteiger partial charge in [-0.3, -0.25) is 4.90 Å². The topological polar surface area (TPSA) is 70.3 Å². The van der Waals surface area contributed by atoms with E-state index in [1.165, 1.54) is 19.4 Å². The highest BCUT2D eigenvalue weighted by Gasteiger charge is 2.24. The smallest absolute Gasteiger partial charge is 0.223 e. The molecule has 3 N–H and O–H groups in total. The van der Waals surface area contributed by atoms with E-state index < -0.39 is 0 Å². The van der Waals surface area contributed by atoms with Crippen molar-refractivity contribution in [3.63, 3.8) is 0 Å². The number of aromatic nitrogens is 2. The molecule has 6 nitrogen and oxygen atoms in total. The molecule has 1 fully saturated rings. The lowest BCUT2D eigenvalue weighted by Crippen LogP contribution is -2.39. The van der Waals surface area contributed by atoms with E-state index in [1.807, 2.05) is 13.0 Å². The van der Waals surface area contributed by atoms with Gasteiger partial charge in [0.15, 0.2) is 0 Å². The van der Waals surface area contributed by atoms with Crippen LogP contribution in [0.3, 0.4) is 0 Å². The molecule has 0 radical (unpaired) electrons. The van der Waals surface area contributed by atoms with Crippen molar-refractivity contribution in [2.24, 2.45) is 0 Å². The first-order chi connectivity index (χ1) is 9.63. The van der Waals surface area contributed by atoms with Gasteiger partial charge in [-0.25, -0.2) is 0 Å². The number of nitrogens with two attached hydrogens (primary N) is 1. The Morgan fingerprint density at radius 2 is 2.25 bits per heavy atom. The first kappa shape index (κ1) is 14.8. The van der Waals surface area contributed by atoms with Crippen molar-refractivity contribution in [2.75, 3.05) is 49.2 Å². The number of nitrogens with zero attached hydrogens (tertiary/aromatic N) is 4. The average molecular weight is 278 g/mol. The second-order valence-electron chi connectivity index (χ2n) is 5.31. The van der Waals surface area contributed by atoms with Crippen LogP contribution in [0.25, 0.3) is 0 Å². The van der Waals surface area contributed by atoms with Crippen molar-refractivity contribution in [2.45, 2.75) is 32.7 Å². The largest absolute Gasteiger partial charge is 0.370 e. The number of rotatable bonds is 6. The molecule has 0 bridgehead atoms. The predicted molar refractivity (Wildman–Crippen MR) is 84.1 cm³/mol. The molecular formula is C14H26N6. The van der Waals surface area contributed by atoms with Gasteiger partial charge >= 0.3 is 0 Å². The molecule has 0 aromatic carbocycles. The third-order valence-corrected chi connectivity index (χ3v) is 3.87. The van der Waals surface area contributed by atoms with Gasteiger partial charge in [-0.1, -0.05) is 6.92 Å². The zero-order chi connectivity index (χ0) is 14.5. The van der Waals surface area contributed by atoms with Crippen LogP contribution in [0.2, 0.25) is 0 Å². The molecule has 6 heteroatoms. The van der Waals surface area contributed by atoms with Crippen LogP contribution in [0.1, 0.15) is 26.7 Å². The summed E-state index contributed by atoms with van der Waals surface area (Å²) in [7, 11) is 2.07. The van der Waals surface area contributed by atoms with Crippen molar-refractivity contribution in [1.82, 2.24) is 14.9 Å². The fourth-order valence-electron chi connectivity index (χ4n) is 2.85. The fraction of sp³-hybridized carbons (Fsp3) is 0.714. The predicted octanol–water partition coefficient (Wildman–Crippen LogP) is 1.41. The van der Waals surface area contributed by atoms with E-state index in [9.17, 15) is 0 Å². The lowest BCUT2D eigenvalue weighted by atomic mass is 10.2.